The lowest BCUT2D eigenvalue weighted by Gasteiger charge is -2.15. The van der Waals surface area contributed by atoms with Crippen molar-refractivity contribution in [2.75, 3.05) is 7.11 Å². The smallest absolute Gasteiger partial charge is 0.308 e. The molecule has 88 valence electrons. The summed E-state index contributed by atoms with van der Waals surface area (Å²) in [6.45, 7) is 3.79. The van der Waals surface area contributed by atoms with E-state index in [0.717, 1.165) is 0 Å². The molecule has 0 aliphatic carbocycles. The second-order valence-electron chi connectivity index (χ2n) is 3.67. The lowest BCUT2D eigenvalue weighted by molar-refractivity contribution is -0.136. The molecule has 0 aromatic heterocycles. The quantitative estimate of drug-likeness (QED) is 0.832. The minimum Gasteiger partial charge on any atom is -0.496 e. The van der Waals surface area contributed by atoms with E-state index in [-0.39, 0.29) is 12.5 Å². The van der Waals surface area contributed by atoms with Crippen LogP contribution in [0.2, 0.25) is 0 Å². The number of hydrogen-bond donors (Lipinski definition) is 1. The number of carbonyl (C=O) groups is 1. The Morgan fingerprint density at radius 1 is 1.38 bits per heavy atom. The highest BCUT2D eigenvalue weighted by atomic mass is 16.5. The molecule has 0 radical (unpaired) electrons. The summed E-state index contributed by atoms with van der Waals surface area (Å²) in [6.07, 6.45) is -0.105. The van der Waals surface area contributed by atoms with Gasteiger partial charge >= 0.3 is 5.97 Å². The highest BCUT2D eigenvalue weighted by Gasteiger charge is 2.14. The Balaban J connectivity index is 3.09. The van der Waals surface area contributed by atoms with Crippen molar-refractivity contribution in [1.82, 2.24) is 0 Å². The van der Waals surface area contributed by atoms with Crippen molar-refractivity contribution in [1.29, 1.82) is 0 Å². The fourth-order valence-corrected chi connectivity index (χ4v) is 1.43. The second-order valence-corrected chi connectivity index (χ2v) is 3.67. The first kappa shape index (κ1) is 12.4. The van der Waals surface area contributed by atoms with Gasteiger partial charge in [-0.05, 0) is 26.0 Å². The molecule has 0 bridgehead atoms. The van der Waals surface area contributed by atoms with Crippen molar-refractivity contribution < 1.29 is 19.4 Å². The van der Waals surface area contributed by atoms with Crippen molar-refractivity contribution in [3.05, 3.63) is 23.8 Å². The molecule has 1 aromatic carbocycles. The Hall–Kier alpha value is -1.71. The zero-order chi connectivity index (χ0) is 12.1. The van der Waals surface area contributed by atoms with Crippen molar-refractivity contribution in [3.63, 3.8) is 0 Å². The summed E-state index contributed by atoms with van der Waals surface area (Å²) >= 11 is 0. The number of rotatable bonds is 5. The van der Waals surface area contributed by atoms with E-state index in [2.05, 4.69) is 0 Å². The van der Waals surface area contributed by atoms with Gasteiger partial charge in [0.1, 0.15) is 11.5 Å². The molecule has 0 amide bonds. The van der Waals surface area contributed by atoms with E-state index in [1.54, 1.807) is 18.2 Å². The van der Waals surface area contributed by atoms with Crippen LogP contribution in [0.5, 0.6) is 11.5 Å². The van der Waals surface area contributed by atoms with Crippen molar-refractivity contribution >= 4 is 5.97 Å². The van der Waals surface area contributed by atoms with Crippen LogP contribution < -0.4 is 9.47 Å². The third-order valence-electron chi connectivity index (χ3n) is 2.00. The molecule has 0 spiro atoms. The summed E-state index contributed by atoms with van der Waals surface area (Å²) < 4.78 is 10.7. The molecule has 0 atom stereocenters. The molecule has 1 aromatic rings. The van der Waals surface area contributed by atoms with Gasteiger partial charge in [-0.2, -0.15) is 0 Å². The normalized spacial score (nSPS) is 10.2. The number of benzene rings is 1. The van der Waals surface area contributed by atoms with Gasteiger partial charge in [-0.1, -0.05) is 6.07 Å². The molecule has 0 aliphatic rings. The van der Waals surface area contributed by atoms with Crippen LogP contribution in [0.4, 0.5) is 0 Å². The van der Waals surface area contributed by atoms with E-state index in [9.17, 15) is 4.79 Å². The first-order valence-corrected chi connectivity index (χ1v) is 5.09. The van der Waals surface area contributed by atoms with Crippen LogP contribution >= 0.6 is 0 Å². The van der Waals surface area contributed by atoms with E-state index in [4.69, 9.17) is 14.6 Å². The lowest BCUT2D eigenvalue weighted by atomic mass is 10.1. The minimum atomic E-state index is -0.905. The van der Waals surface area contributed by atoms with Gasteiger partial charge in [0.2, 0.25) is 0 Å². The zero-order valence-electron chi connectivity index (χ0n) is 9.69. The highest BCUT2D eigenvalue weighted by molar-refractivity contribution is 5.72. The molecule has 0 saturated heterocycles. The van der Waals surface area contributed by atoms with E-state index in [1.807, 2.05) is 13.8 Å². The SMILES string of the molecule is COc1cccc(OC(C)C)c1CC(=O)O. The van der Waals surface area contributed by atoms with Gasteiger partial charge in [0.15, 0.2) is 0 Å². The first-order valence-electron chi connectivity index (χ1n) is 5.09. The van der Waals surface area contributed by atoms with Crippen LogP contribution in [0.3, 0.4) is 0 Å². The van der Waals surface area contributed by atoms with E-state index >= 15 is 0 Å². The van der Waals surface area contributed by atoms with Gasteiger partial charge < -0.3 is 14.6 Å². The monoisotopic (exact) mass is 224 g/mol. The average Bonchev–Trinajstić information content (AvgIpc) is 2.19. The number of hydrogen-bond acceptors (Lipinski definition) is 3. The standard InChI is InChI=1S/C12H16O4/c1-8(2)16-11-6-4-5-10(15-3)9(11)7-12(13)14/h4-6,8H,7H2,1-3H3,(H,13,14). The van der Waals surface area contributed by atoms with Crippen LogP contribution in [0.15, 0.2) is 18.2 Å². The number of methoxy groups -OCH3 is 1. The molecule has 0 heterocycles. The summed E-state index contributed by atoms with van der Waals surface area (Å²) in [7, 11) is 1.51. The fraction of sp³-hybridized carbons (Fsp3) is 0.417. The van der Waals surface area contributed by atoms with E-state index in [0.29, 0.717) is 17.1 Å². The molecule has 4 heteroatoms. The Labute approximate surface area is 94.8 Å². The lowest BCUT2D eigenvalue weighted by Crippen LogP contribution is -2.10. The van der Waals surface area contributed by atoms with Gasteiger partial charge in [-0.15, -0.1) is 0 Å². The van der Waals surface area contributed by atoms with Crippen molar-refractivity contribution in [2.24, 2.45) is 0 Å². The van der Waals surface area contributed by atoms with Crippen molar-refractivity contribution in [3.8, 4) is 11.5 Å². The van der Waals surface area contributed by atoms with Crippen LogP contribution in [-0.2, 0) is 11.2 Å². The van der Waals surface area contributed by atoms with Crippen molar-refractivity contribution in [2.45, 2.75) is 26.4 Å². The Morgan fingerprint density at radius 2 is 2.00 bits per heavy atom. The third-order valence-corrected chi connectivity index (χ3v) is 2.00. The average molecular weight is 224 g/mol. The van der Waals surface area contributed by atoms with Crippen LogP contribution in [0.1, 0.15) is 19.4 Å². The predicted octanol–water partition coefficient (Wildman–Crippen LogP) is 2.11. The summed E-state index contributed by atoms with van der Waals surface area (Å²) in [5, 5.41) is 8.83. The molecule has 0 fully saturated rings. The summed E-state index contributed by atoms with van der Waals surface area (Å²) in [6, 6.07) is 5.26. The van der Waals surface area contributed by atoms with Gasteiger partial charge in [-0.25, -0.2) is 0 Å². The van der Waals surface area contributed by atoms with Crippen LogP contribution in [0.25, 0.3) is 0 Å². The Kier molecular flexibility index (Phi) is 4.17. The number of carboxylic acids is 1. The number of carboxylic acid groups (broad SMARTS) is 1. The topological polar surface area (TPSA) is 55.8 Å². The summed E-state index contributed by atoms with van der Waals surface area (Å²) in [5.74, 6) is 0.204. The predicted molar refractivity (Wildman–Crippen MR) is 60.1 cm³/mol. The van der Waals surface area contributed by atoms with E-state index in [1.165, 1.54) is 7.11 Å². The molecule has 0 saturated carbocycles. The second kappa shape index (κ2) is 5.39. The first-order chi connectivity index (χ1) is 7.54. The van der Waals surface area contributed by atoms with Gasteiger partial charge in [0.25, 0.3) is 0 Å². The maximum absolute atomic E-state index is 10.8. The van der Waals surface area contributed by atoms with Crippen LogP contribution in [0, 0.1) is 0 Å². The van der Waals surface area contributed by atoms with Gasteiger partial charge in [0, 0.05) is 5.56 Å². The fourth-order valence-electron chi connectivity index (χ4n) is 1.43. The Bertz CT molecular complexity index is 371. The third kappa shape index (κ3) is 3.15. The van der Waals surface area contributed by atoms with Gasteiger partial charge in [0.05, 0.1) is 19.6 Å². The molecule has 4 nitrogen and oxygen atoms in total. The highest BCUT2D eigenvalue weighted by Crippen LogP contribution is 2.29. The molecule has 0 aliphatic heterocycles. The molecule has 1 rings (SSSR count). The molecular weight excluding hydrogens is 208 g/mol. The van der Waals surface area contributed by atoms with Crippen LogP contribution in [-0.4, -0.2) is 24.3 Å². The number of aliphatic carboxylic acids is 1. The van der Waals surface area contributed by atoms with Gasteiger partial charge in [-0.3, -0.25) is 4.79 Å². The number of ether oxygens (including phenoxy) is 2. The molecular formula is C12H16O4. The molecule has 0 unspecified atom stereocenters. The summed E-state index contributed by atoms with van der Waals surface area (Å²) in [4.78, 5) is 10.8. The maximum Gasteiger partial charge on any atom is 0.308 e. The molecule has 1 N–H and O–H groups in total. The molecule has 16 heavy (non-hydrogen) atoms. The van der Waals surface area contributed by atoms with E-state index < -0.39 is 5.97 Å². The maximum atomic E-state index is 10.8. The zero-order valence-corrected chi connectivity index (χ0v) is 9.69. The summed E-state index contributed by atoms with van der Waals surface area (Å²) in [5.41, 5.74) is 0.575. The Morgan fingerprint density at radius 3 is 2.50 bits per heavy atom. The largest absolute Gasteiger partial charge is 0.496 e. The minimum absolute atomic E-state index is 0.000323.